The Morgan fingerprint density at radius 1 is 0.952 bits per heavy atom. The summed E-state index contributed by atoms with van der Waals surface area (Å²) in [7, 11) is 0. The summed E-state index contributed by atoms with van der Waals surface area (Å²) in [6, 6.07) is 20.1. The van der Waals surface area contributed by atoms with E-state index in [-0.39, 0.29) is 0 Å². The van der Waals surface area contributed by atoms with E-state index in [2.05, 4.69) is 29.2 Å². The van der Waals surface area contributed by atoms with E-state index in [1.807, 2.05) is 47.2 Å². The van der Waals surface area contributed by atoms with Crippen LogP contribution in [0.1, 0.15) is 17.5 Å². The first-order valence-corrected chi connectivity index (χ1v) is 6.91. The maximum Gasteiger partial charge on any atom is 0.123 e. The van der Waals surface area contributed by atoms with E-state index >= 15 is 0 Å². The van der Waals surface area contributed by atoms with Gasteiger partial charge in [0.15, 0.2) is 0 Å². The molecule has 2 aromatic carbocycles. The van der Waals surface area contributed by atoms with E-state index in [1.165, 1.54) is 0 Å². The lowest BCUT2D eigenvalue weighted by Crippen LogP contribution is -2.36. The normalized spacial score (nSPS) is 11.2. The molecule has 21 heavy (non-hydrogen) atoms. The molecule has 3 aromatic rings. The maximum atomic E-state index is 11.4. The number of hydrogen-bond donors (Lipinski definition) is 0. The summed E-state index contributed by atoms with van der Waals surface area (Å²) in [5, 5.41) is 0. The molecule has 1 aromatic heterocycles. The minimum absolute atomic E-state index is 0.359. The molecule has 0 saturated heterocycles. The summed E-state index contributed by atoms with van der Waals surface area (Å²) < 4.78 is 2.01. The van der Waals surface area contributed by atoms with Crippen molar-refractivity contribution in [1.29, 1.82) is 0 Å². The third kappa shape index (κ3) is 2.27. The van der Waals surface area contributed by atoms with Crippen molar-refractivity contribution in [1.82, 2.24) is 9.55 Å². The summed E-state index contributed by atoms with van der Waals surface area (Å²) in [5.74, 6) is 0. The van der Waals surface area contributed by atoms with Crippen LogP contribution in [-0.4, -0.2) is 15.8 Å². The van der Waals surface area contributed by atoms with Gasteiger partial charge in [-0.15, -0.1) is 0 Å². The Kier molecular flexibility index (Phi) is 3.65. The van der Waals surface area contributed by atoms with Crippen molar-refractivity contribution in [3.05, 3.63) is 90.5 Å². The van der Waals surface area contributed by atoms with Gasteiger partial charge in [-0.05, 0) is 11.1 Å². The predicted molar refractivity (Wildman–Crippen MR) is 82.0 cm³/mol. The second-order valence-electron chi connectivity index (χ2n) is 4.93. The number of nitrogens with zero attached hydrogens (tertiary/aromatic N) is 2. The topological polar surface area (TPSA) is 34.9 Å². The van der Waals surface area contributed by atoms with Crippen LogP contribution in [0, 0.1) is 0 Å². The quantitative estimate of drug-likeness (QED) is 0.670. The van der Waals surface area contributed by atoms with Crippen LogP contribution in [0.15, 0.2) is 79.4 Å². The van der Waals surface area contributed by atoms with Gasteiger partial charge in [0, 0.05) is 18.8 Å². The Bertz CT molecular complexity index is 651. The SMILES string of the molecule is O=CCC(c1ccccc1)(c1ccccc1)n1ccnc1. The van der Waals surface area contributed by atoms with Crippen molar-refractivity contribution in [3.63, 3.8) is 0 Å². The van der Waals surface area contributed by atoms with Gasteiger partial charge in [0.25, 0.3) is 0 Å². The summed E-state index contributed by atoms with van der Waals surface area (Å²) in [6.45, 7) is 0. The van der Waals surface area contributed by atoms with Crippen LogP contribution in [0.2, 0.25) is 0 Å². The van der Waals surface area contributed by atoms with Crippen LogP contribution in [0.4, 0.5) is 0 Å². The molecule has 3 nitrogen and oxygen atoms in total. The van der Waals surface area contributed by atoms with Gasteiger partial charge in [-0.25, -0.2) is 4.98 Å². The van der Waals surface area contributed by atoms with Crippen molar-refractivity contribution >= 4 is 6.29 Å². The van der Waals surface area contributed by atoms with Gasteiger partial charge >= 0.3 is 0 Å². The molecule has 0 radical (unpaired) electrons. The fraction of sp³-hybridized carbons (Fsp3) is 0.111. The van der Waals surface area contributed by atoms with Crippen LogP contribution >= 0.6 is 0 Å². The molecule has 0 N–H and O–H groups in total. The Hall–Kier alpha value is -2.68. The third-order valence-electron chi connectivity index (χ3n) is 3.83. The highest BCUT2D eigenvalue weighted by Gasteiger charge is 2.35. The van der Waals surface area contributed by atoms with Gasteiger partial charge in [-0.1, -0.05) is 60.7 Å². The Morgan fingerprint density at radius 3 is 1.95 bits per heavy atom. The fourth-order valence-electron chi connectivity index (χ4n) is 2.84. The number of aromatic nitrogens is 2. The van der Waals surface area contributed by atoms with E-state index in [1.54, 1.807) is 12.5 Å². The van der Waals surface area contributed by atoms with E-state index in [4.69, 9.17) is 0 Å². The van der Waals surface area contributed by atoms with Gasteiger partial charge in [-0.3, -0.25) is 0 Å². The number of imidazole rings is 1. The zero-order valence-corrected chi connectivity index (χ0v) is 11.6. The molecule has 1 heterocycles. The molecule has 0 aliphatic heterocycles. The minimum Gasteiger partial charge on any atom is -0.323 e. The van der Waals surface area contributed by atoms with Crippen LogP contribution in [-0.2, 0) is 10.3 Å². The standard InChI is InChI=1S/C18H16N2O/c21-14-11-18(20-13-12-19-15-20,16-7-3-1-4-8-16)17-9-5-2-6-10-17/h1-10,12-15H,11H2. The smallest absolute Gasteiger partial charge is 0.123 e. The molecule has 0 aliphatic carbocycles. The van der Waals surface area contributed by atoms with E-state index in [0.29, 0.717) is 6.42 Å². The highest BCUT2D eigenvalue weighted by atomic mass is 16.1. The summed E-state index contributed by atoms with van der Waals surface area (Å²) >= 11 is 0. The lowest BCUT2D eigenvalue weighted by Gasteiger charge is -2.35. The molecule has 3 rings (SSSR count). The zero-order chi connectivity index (χ0) is 14.5. The van der Waals surface area contributed by atoms with Gasteiger partial charge in [-0.2, -0.15) is 0 Å². The second kappa shape index (κ2) is 5.75. The van der Waals surface area contributed by atoms with Gasteiger partial charge in [0.2, 0.25) is 0 Å². The average Bonchev–Trinajstić information content (AvgIpc) is 3.09. The maximum absolute atomic E-state index is 11.4. The number of benzene rings is 2. The Balaban J connectivity index is 2.29. The van der Waals surface area contributed by atoms with Crippen molar-refractivity contribution < 1.29 is 4.79 Å². The molecule has 0 aliphatic rings. The number of aldehydes is 1. The van der Waals surface area contributed by atoms with Gasteiger partial charge in [0.1, 0.15) is 11.8 Å². The van der Waals surface area contributed by atoms with E-state index < -0.39 is 5.54 Å². The van der Waals surface area contributed by atoms with Crippen LogP contribution in [0.25, 0.3) is 0 Å². The molecule has 0 unspecified atom stereocenters. The molecule has 0 atom stereocenters. The summed E-state index contributed by atoms with van der Waals surface area (Å²) in [5.41, 5.74) is 1.59. The fourth-order valence-corrected chi connectivity index (χ4v) is 2.84. The second-order valence-corrected chi connectivity index (χ2v) is 4.93. The summed E-state index contributed by atoms with van der Waals surface area (Å²) in [6.07, 6.45) is 6.75. The molecule has 0 bridgehead atoms. The number of rotatable bonds is 5. The molecule has 0 saturated carbocycles. The van der Waals surface area contributed by atoms with Crippen LogP contribution in [0.5, 0.6) is 0 Å². The van der Waals surface area contributed by atoms with Gasteiger partial charge < -0.3 is 9.36 Å². The molecule has 0 spiro atoms. The lowest BCUT2D eigenvalue weighted by molar-refractivity contribution is -0.108. The third-order valence-corrected chi connectivity index (χ3v) is 3.83. The molecule has 3 heteroatoms. The first-order chi connectivity index (χ1) is 10.4. The molecule has 0 fully saturated rings. The Morgan fingerprint density at radius 2 is 1.52 bits per heavy atom. The number of carbonyl (C=O) groups is 1. The molecule has 0 amide bonds. The first-order valence-electron chi connectivity index (χ1n) is 6.91. The zero-order valence-electron chi connectivity index (χ0n) is 11.6. The molecular formula is C18H16N2O. The number of carbonyl (C=O) groups excluding carboxylic acids is 1. The van der Waals surface area contributed by atoms with E-state index in [9.17, 15) is 4.79 Å². The average molecular weight is 276 g/mol. The van der Waals surface area contributed by atoms with Crippen molar-refractivity contribution in [2.24, 2.45) is 0 Å². The van der Waals surface area contributed by atoms with Gasteiger partial charge in [0.05, 0.1) is 6.33 Å². The monoisotopic (exact) mass is 276 g/mol. The Labute approximate surface area is 123 Å². The largest absolute Gasteiger partial charge is 0.323 e. The van der Waals surface area contributed by atoms with Crippen molar-refractivity contribution in [3.8, 4) is 0 Å². The molecular weight excluding hydrogens is 260 g/mol. The highest BCUT2D eigenvalue weighted by Crippen LogP contribution is 2.36. The summed E-state index contributed by atoms with van der Waals surface area (Å²) in [4.78, 5) is 15.6. The van der Waals surface area contributed by atoms with Crippen molar-refractivity contribution in [2.75, 3.05) is 0 Å². The first kappa shape index (κ1) is 13.3. The minimum atomic E-state index is -0.555. The van der Waals surface area contributed by atoms with Crippen molar-refractivity contribution in [2.45, 2.75) is 12.0 Å². The van der Waals surface area contributed by atoms with Crippen LogP contribution in [0.3, 0.4) is 0 Å². The molecule has 104 valence electrons. The number of hydrogen-bond acceptors (Lipinski definition) is 2. The van der Waals surface area contributed by atoms with E-state index in [0.717, 1.165) is 17.4 Å². The van der Waals surface area contributed by atoms with Crippen LogP contribution < -0.4 is 0 Å². The predicted octanol–water partition coefficient (Wildman–Crippen LogP) is 3.26. The lowest BCUT2D eigenvalue weighted by atomic mass is 9.80. The highest BCUT2D eigenvalue weighted by molar-refractivity contribution is 5.57.